The third kappa shape index (κ3) is 1.76. The molecular weight excluding hydrogens is 222 g/mol. The Hall–Kier alpha value is -0.870. The Balaban J connectivity index is 2.37. The molecule has 0 saturated heterocycles. The Morgan fingerprint density at radius 2 is 2.44 bits per heavy atom. The molecule has 0 fully saturated rings. The van der Waals surface area contributed by atoms with Crippen molar-refractivity contribution < 1.29 is 9.90 Å². The summed E-state index contributed by atoms with van der Waals surface area (Å²) < 4.78 is 0. The summed E-state index contributed by atoms with van der Waals surface area (Å²) in [6, 6.07) is 2.22. The Morgan fingerprint density at radius 1 is 1.69 bits per heavy atom. The van der Waals surface area contributed by atoms with Crippen LogP contribution < -0.4 is 5.73 Å². The predicted octanol–water partition coefficient (Wildman–Crippen LogP) is 1.93. The second-order valence-electron chi connectivity index (χ2n) is 4.48. The van der Waals surface area contributed by atoms with Gasteiger partial charge in [0.25, 0.3) is 0 Å². The number of aryl methyl sites for hydroxylation is 2. The van der Waals surface area contributed by atoms with E-state index in [0.29, 0.717) is 6.54 Å². The molecule has 88 valence electrons. The van der Waals surface area contributed by atoms with Crippen LogP contribution in [-0.4, -0.2) is 17.6 Å². The quantitative estimate of drug-likeness (QED) is 0.844. The van der Waals surface area contributed by atoms with Crippen LogP contribution in [0.25, 0.3) is 0 Å². The molecule has 3 N–H and O–H groups in total. The zero-order chi connectivity index (χ0) is 11.8. The summed E-state index contributed by atoms with van der Waals surface area (Å²) in [5, 5.41) is 9.01. The van der Waals surface area contributed by atoms with Crippen molar-refractivity contribution in [3.63, 3.8) is 0 Å². The number of nitrogens with two attached hydrogens (primary N) is 1. The lowest BCUT2D eigenvalue weighted by molar-refractivity contribution is -0.138. The molecule has 0 aliphatic heterocycles. The van der Waals surface area contributed by atoms with Gasteiger partial charge in [-0.1, -0.05) is 6.92 Å². The van der Waals surface area contributed by atoms with Crippen molar-refractivity contribution in [3.05, 3.63) is 21.4 Å². The van der Waals surface area contributed by atoms with E-state index in [1.807, 2.05) is 0 Å². The lowest BCUT2D eigenvalue weighted by Gasteiger charge is -2.25. The van der Waals surface area contributed by atoms with E-state index in [9.17, 15) is 4.79 Å². The molecule has 1 atom stereocenters. The van der Waals surface area contributed by atoms with E-state index in [0.717, 1.165) is 19.3 Å². The maximum atomic E-state index is 11.0. The van der Waals surface area contributed by atoms with Gasteiger partial charge in [0.05, 0.1) is 6.42 Å². The van der Waals surface area contributed by atoms with Gasteiger partial charge in [-0.05, 0) is 30.9 Å². The van der Waals surface area contributed by atoms with Crippen molar-refractivity contribution in [1.29, 1.82) is 0 Å². The minimum atomic E-state index is -0.746. The Bertz CT molecular complexity index is 413. The van der Waals surface area contributed by atoms with E-state index in [1.54, 1.807) is 11.3 Å². The van der Waals surface area contributed by atoms with Gasteiger partial charge >= 0.3 is 5.97 Å². The zero-order valence-corrected chi connectivity index (χ0v) is 10.3. The summed E-state index contributed by atoms with van der Waals surface area (Å²) in [4.78, 5) is 13.5. The lowest BCUT2D eigenvalue weighted by atomic mass is 9.83. The van der Waals surface area contributed by atoms with Gasteiger partial charge in [-0.25, -0.2) is 0 Å². The number of carboxylic acids is 1. The van der Waals surface area contributed by atoms with Crippen molar-refractivity contribution in [3.8, 4) is 0 Å². The standard InChI is InChI=1S/C12H17NO2S/c1-2-9-5-8-3-4-12(7-13,6-10(14)15)11(8)16-9/h5H,2-4,6-7,13H2,1H3,(H,14,15). The van der Waals surface area contributed by atoms with E-state index in [-0.39, 0.29) is 11.8 Å². The number of fused-ring (bicyclic) bond motifs is 1. The number of rotatable bonds is 4. The normalized spacial score (nSPS) is 23.4. The third-order valence-electron chi connectivity index (χ3n) is 3.44. The molecule has 0 amide bonds. The van der Waals surface area contributed by atoms with Crippen molar-refractivity contribution in [2.75, 3.05) is 6.54 Å². The van der Waals surface area contributed by atoms with Crippen LogP contribution in [0.3, 0.4) is 0 Å². The first-order valence-corrected chi connectivity index (χ1v) is 6.47. The molecule has 1 heterocycles. The molecule has 2 rings (SSSR count). The third-order valence-corrected chi connectivity index (χ3v) is 5.01. The van der Waals surface area contributed by atoms with Crippen LogP contribution in [0.2, 0.25) is 0 Å². The van der Waals surface area contributed by atoms with Crippen LogP contribution in [0.5, 0.6) is 0 Å². The molecule has 1 aromatic rings. The largest absolute Gasteiger partial charge is 0.481 e. The highest BCUT2D eigenvalue weighted by molar-refractivity contribution is 7.12. The van der Waals surface area contributed by atoms with Gasteiger partial charge in [0.2, 0.25) is 0 Å². The minimum Gasteiger partial charge on any atom is -0.481 e. The Labute approximate surface area is 99.3 Å². The molecular formula is C12H17NO2S. The maximum absolute atomic E-state index is 11.0. The number of carbonyl (C=O) groups is 1. The fourth-order valence-corrected chi connectivity index (χ4v) is 3.88. The van der Waals surface area contributed by atoms with Crippen LogP contribution in [0.15, 0.2) is 6.07 Å². The number of aliphatic carboxylic acids is 1. The molecule has 1 aliphatic rings. The number of thiophene rings is 1. The van der Waals surface area contributed by atoms with E-state index in [4.69, 9.17) is 10.8 Å². The summed E-state index contributed by atoms with van der Waals surface area (Å²) in [6.07, 6.45) is 3.06. The van der Waals surface area contributed by atoms with E-state index < -0.39 is 5.97 Å². The van der Waals surface area contributed by atoms with Crippen molar-refractivity contribution >= 4 is 17.3 Å². The van der Waals surface area contributed by atoms with Gasteiger partial charge in [0.1, 0.15) is 0 Å². The molecule has 0 aromatic carbocycles. The summed E-state index contributed by atoms with van der Waals surface area (Å²) in [5.74, 6) is -0.746. The van der Waals surface area contributed by atoms with Gasteiger partial charge in [-0.2, -0.15) is 0 Å². The predicted molar refractivity (Wildman–Crippen MR) is 65.0 cm³/mol. The first kappa shape index (κ1) is 11.6. The first-order chi connectivity index (χ1) is 7.61. The average molecular weight is 239 g/mol. The van der Waals surface area contributed by atoms with E-state index >= 15 is 0 Å². The number of carboxylic acid groups (broad SMARTS) is 1. The molecule has 16 heavy (non-hydrogen) atoms. The van der Waals surface area contributed by atoms with Crippen LogP contribution in [0.1, 0.15) is 35.1 Å². The van der Waals surface area contributed by atoms with Crippen molar-refractivity contribution in [1.82, 2.24) is 0 Å². The zero-order valence-electron chi connectivity index (χ0n) is 9.45. The van der Waals surface area contributed by atoms with Crippen molar-refractivity contribution in [2.24, 2.45) is 5.73 Å². The fraction of sp³-hybridized carbons (Fsp3) is 0.583. The molecule has 4 heteroatoms. The number of hydrogen-bond acceptors (Lipinski definition) is 3. The van der Waals surface area contributed by atoms with Crippen LogP contribution >= 0.6 is 11.3 Å². The molecule has 0 spiro atoms. The van der Waals surface area contributed by atoms with Gasteiger partial charge in [0.15, 0.2) is 0 Å². The second-order valence-corrected chi connectivity index (χ2v) is 5.61. The summed E-state index contributed by atoms with van der Waals surface area (Å²) >= 11 is 1.75. The van der Waals surface area contributed by atoms with E-state index in [1.165, 1.54) is 15.3 Å². The molecule has 0 bridgehead atoms. The molecule has 3 nitrogen and oxygen atoms in total. The second kappa shape index (κ2) is 4.18. The smallest absolute Gasteiger partial charge is 0.304 e. The summed E-state index contributed by atoms with van der Waals surface area (Å²) in [5.41, 5.74) is 6.86. The molecule has 0 radical (unpaired) electrons. The van der Waals surface area contributed by atoms with Gasteiger partial charge in [0, 0.05) is 21.7 Å². The lowest BCUT2D eigenvalue weighted by Crippen LogP contribution is -2.34. The molecule has 1 unspecified atom stereocenters. The maximum Gasteiger partial charge on any atom is 0.304 e. The average Bonchev–Trinajstić information content (AvgIpc) is 2.78. The first-order valence-electron chi connectivity index (χ1n) is 5.65. The SMILES string of the molecule is CCc1cc2c(s1)C(CN)(CC(=O)O)CC2. The molecule has 1 aliphatic carbocycles. The van der Waals surface area contributed by atoms with Crippen LogP contribution in [-0.2, 0) is 23.1 Å². The Morgan fingerprint density at radius 3 is 3.00 bits per heavy atom. The van der Waals surface area contributed by atoms with Gasteiger partial charge < -0.3 is 10.8 Å². The van der Waals surface area contributed by atoms with Crippen LogP contribution in [0.4, 0.5) is 0 Å². The summed E-state index contributed by atoms with van der Waals surface area (Å²) in [7, 11) is 0. The highest BCUT2D eigenvalue weighted by atomic mass is 32.1. The monoisotopic (exact) mass is 239 g/mol. The topological polar surface area (TPSA) is 63.3 Å². The highest BCUT2D eigenvalue weighted by Crippen LogP contribution is 2.45. The van der Waals surface area contributed by atoms with Gasteiger partial charge in [-0.15, -0.1) is 11.3 Å². The summed E-state index contributed by atoms with van der Waals surface area (Å²) in [6.45, 7) is 2.57. The Kier molecular flexibility index (Phi) is 3.04. The molecule has 0 saturated carbocycles. The van der Waals surface area contributed by atoms with E-state index in [2.05, 4.69) is 13.0 Å². The fourth-order valence-electron chi connectivity index (χ4n) is 2.51. The van der Waals surface area contributed by atoms with Crippen molar-refractivity contribution in [2.45, 2.75) is 38.0 Å². The molecule has 1 aromatic heterocycles. The highest BCUT2D eigenvalue weighted by Gasteiger charge is 2.41. The number of hydrogen-bond donors (Lipinski definition) is 2. The van der Waals surface area contributed by atoms with Crippen LogP contribution in [0, 0.1) is 0 Å². The van der Waals surface area contributed by atoms with Gasteiger partial charge in [-0.3, -0.25) is 4.79 Å². The minimum absolute atomic E-state index is 0.167.